The van der Waals surface area contributed by atoms with Crippen molar-refractivity contribution in [3.8, 4) is 5.75 Å². The number of rotatable bonds is 4. The number of carbonyl (C=O) groups is 2. The van der Waals surface area contributed by atoms with Gasteiger partial charge in [0.05, 0.1) is 64.8 Å². The van der Waals surface area contributed by atoms with Gasteiger partial charge in [0, 0.05) is 18.8 Å². The van der Waals surface area contributed by atoms with Gasteiger partial charge in [0.1, 0.15) is 11.9 Å². The van der Waals surface area contributed by atoms with Gasteiger partial charge in [-0.1, -0.05) is 0 Å². The molecule has 2 N–H and O–H groups in total. The van der Waals surface area contributed by atoms with Gasteiger partial charge in [-0.3, -0.25) is 4.79 Å². The summed E-state index contributed by atoms with van der Waals surface area (Å²) in [6.45, 7) is 2.87. The number of nitrogens with zero attached hydrogens (tertiary/aromatic N) is 2. The fourth-order valence-corrected chi connectivity index (χ4v) is 4.58. The van der Waals surface area contributed by atoms with E-state index in [0.29, 0.717) is 57.0 Å². The molecule has 3 aliphatic rings. The molecule has 182 valence electrons. The third kappa shape index (κ3) is 6.14. The van der Waals surface area contributed by atoms with Gasteiger partial charge < -0.3 is 39.2 Å². The lowest BCUT2D eigenvalue weighted by molar-refractivity contribution is -0.156. The minimum absolute atomic E-state index is 0.0676. The van der Waals surface area contributed by atoms with Crippen LogP contribution < -0.4 is 10.1 Å². The number of anilines is 1. The summed E-state index contributed by atoms with van der Waals surface area (Å²) in [7, 11) is 1.59. The number of ether oxygens (including phenoxy) is 4. The van der Waals surface area contributed by atoms with E-state index in [-0.39, 0.29) is 49.9 Å². The maximum Gasteiger partial charge on any atom is 0.322 e. The Morgan fingerprint density at radius 3 is 2.61 bits per heavy atom. The Morgan fingerprint density at radius 2 is 1.88 bits per heavy atom. The first-order chi connectivity index (χ1) is 16.0. The third-order valence-electron chi connectivity index (χ3n) is 6.35. The second-order valence-electron chi connectivity index (χ2n) is 8.64. The van der Waals surface area contributed by atoms with Crippen molar-refractivity contribution in [1.82, 2.24) is 9.80 Å². The van der Waals surface area contributed by atoms with Gasteiger partial charge in [0.25, 0.3) is 0 Å². The Balaban J connectivity index is 1.40. The van der Waals surface area contributed by atoms with Crippen LogP contribution in [0.2, 0.25) is 0 Å². The number of aliphatic hydroxyl groups is 1. The molecule has 10 heteroatoms. The molecule has 4 atom stereocenters. The number of β-amino-alcohol motifs (C(OH)–C–C–N with tert-alkyl or cyclic N) is 1. The monoisotopic (exact) mass is 463 g/mol. The number of methoxy groups -OCH3 is 1. The molecule has 1 aromatic carbocycles. The summed E-state index contributed by atoms with van der Waals surface area (Å²) < 4.78 is 22.4. The minimum Gasteiger partial charge on any atom is -0.497 e. The van der Waals surface area contributed by atoms with Crippen molar-refractivity contribution in [3.63, 3.8) is 0 Å². The number of amides is 3. The number of fused-ring (bicyclic) bond motifs is 1. The lowest BCUT2D eigenvalue weighted by Crippen LogP contribution is -2.58. The fraction of sp³-hybridized carbons (Fsp3) is 0.652. The Morgan fingerprint density at radius 1 is 1.12 bits per heavy atom. The first kappa shape index (κ1) is 23.7. The second-order valence-corrected chi connectivity index (χ2v) is 8.64. The van der Waals surface area contributed by atoms with Crippen LogP contribution >= 0.6 is 0 Å². The molecule has 0 radical (unpaired) electrons. The van der Waals surface area contributed by atoms with E-state index >= 15 is 0 Å². The molecule has 1 aromatic rings. The molecule has 3 saturated heterocycles. The molecule has 0 saturated carbocycles. The smallest absolute Gasteiger partial charge is 0.322 e. The maximum absolute atomic E-state index is 13.2. The van der Waals surface area contributed by atoms with Crippen LogP contribution in [0.4, 0.5) is 10.5 Å². The third-order valence-corrected chi connectivity index (χ3v) is 6.35. The first-order valence-corrected chi connectivity index (χ1v) is 11.5. The Labute approximate surface area is 193 Å². The highest BCUT2D eigenvalue weighted by molar-refractivity contribution is 5.89. The van der Waals surface area contributed by atoms with Crippen LogP contribution in [0.25, 0.3) is 0 Å². The lowest BCUT2D eigenvalue weighted by atomic mass is 9.94. The summed E-state index contributed by atoms with van der Waals surface area (Å²) in [5.41, 5.74) is 0.635. The van der Waals surface area contributed by atoms with Crippen molar-refractivity contribution in [2.75, 3.05) is 58.5 Å². The summed E-state index contributed by atoms with van der Waals surface area (Å²) in [6.07, 6.45) is 0.256. The topological polar surface area (TPSA) is 110 Å². The molecule has 0 spiro atoms. The number of hydrogen-bond donors (Lipinski definition) is 2. The molecule has 10 nitrogen and oxygen atoms in total. The number of aliphatic hydroxyl groups excluding tert-OH is 1. The van der Waals surface area contributed by atoms with E-state index in [1.807, 2.05) is 4.90 Å². The van der Waals surface area contributed by atoms with E-state index in [2.05, 4.69) is 5.32 Å². The molecule has 3 fully saturated rings. The largest absolute Gasteiger partial charge is 0.497 e. The quantitative estimate of drug-likeness (QED) is 0.688. The summed E-state index contributed by atoms with van der Waals surface area (Å²) >= 11 is 0. The number of nitrogens with one attached hydrogen (secondary N) is 1. The molecular formula is C23H33N3O7. The molecule has 0 unspecified atom stereocenters. The van der Waals surface area contributed by atoms with Crippen LogP contribution in [0.1, 0.15) is 19.3 Å². The fourth-order valence-electron chi connectivity index (χ4n) is 4.58. The minimum atomic E-state index is -0.784. The first-order valence-electron chi connectivity index (χ1n) is 11.5. The van der Waals surface area contributed by atoms with Gasteiger partial charge in [0.15, 0.2) is 0 Å². The summed E-state index contributed by atoms with van der Waals surface area (Å²) in [6, 6.07) is 6.52. The highest BCUT2D eigenvalue weighted by Crippen LogP contribution is 2.29. The molecule has 3 aliphatic heterocycles. The van der Waals surface area contributed by atoms with Crippen LogP contribution in [-0.2, 0) is 19.0 Å². The van der Waals surface area contributed by atoms with Crippen LogP contribution in [0, 0.1) is 0 Å². The van der Waals surface area contributed by atoms with Crippen molar-refractivity contribution >= 4 is 17.6 Å². The molecule has 33 heavy (non-hydrogen) atoms. The Bertz CT molecular complexity index is 800. The second kappa shape index (κ2) is 11.1. The lowest BCUT2D eigenvalue weighted by Gasteiger charge is -2.44. The SMILES string of the molecule is COc1ccc(NC(=O)N2C[C@@H](O)COC[C@H]3O[C@H](CC(=O)N4CCOCC4)CC[C@@H]32)cc1. The average Bonchev–Trinajstić information content (AvgIpc) is 2.83. The predicted octanol–water partition coefficient (Wildman–Crippen LogP) is 1.09. The van der Waals surface area contributed by atoms with Gasteiger partial charge in [-0.05, 0) is 37.1 Å². The summed E-state index contributed by atoms with van der Waals surface area (Å²) in [4.78, 5) is 29.3. The Kier molecular flexibility index (Phi) is 8.02. The van der Waals surface area contributed by atoms with Crippen LogP contribution in [-0.4, -0.2) is 104 Å². The van der Waals surface area contributed by atoms with Gasteiger partial charge in [-0.15, -0.1) is 0 Å². The zero-order chi connectivity index (χ0) is 23.2. The zero-order valence-corrected chi connectivity index (χ0v) is 19.0. The van der Waals surface area contributed by atoms with Gasteiger partial charge in [-0.25, -0.2) is 4.79 Å². The normalized spacial score (nSPS) is 28.3. The van der Waals surface area contributed by atoms with E-state index in [0.717, 1.165) is 0 Å². The van der Waals surface area contributed by atoms with Gasteiger partial charge in [-0.2, -0.15) is 0 Å². The highest BCUT2D eigenvalue weighted by atomic mass is 16.5. The van der Waals surface area contributed by atoms with Gasteiger partial charge >= 0.3 is 6.03 Å². The maximum atomic E-state index is 13.2. The molecular weight excluding hydrogens is 430 g/mol. The number of benzene rings is 1. The number of morpholine rings is 1. The van der Waals surface area contributed by atoms with Gasteiger partial charge in [0.2, 0.25) is 5.91 Å². The van der Waals surface area contributed by atoms with Crippen molar-refractivity contribution in [2.24, 2.45) is 0 Å². The standard InChI is InChI=1S/C23H33N3O7/c1-30-18-4-2-16(3-5-18)24-23(29)26-13-17(27)14-32-15-21-20(26)7-6-19(33-21)12-22(28)25-8-10-31-11-9-25/h2-5,17,19-21,27H,6-15H2,1H3,(H,24,29)/t17-,19+,20+,21-/m1/s1. The van der Waals surface area contributed by atoms with Crippen molar-refractivity contribution in [2.45, 2.75) is 43.6 Å². The average molecular weight is 464 g/mol. The number of hydrogen-bond acceptors (Lipinski definition) is 7. The van der Waals surface area contributed by atoms with E-state index < -0.39 is 6.10 Å². The molecule has 3 amide bonds. The van der Waals surface area contributed by atoms with E-state index in [1.54, 1.807) is 36.3 Å². The van der Waals surface area contributed by atoms with E-state index in [4.69, 9.17) is 18.9 Å². The number of urea groups is 1. The molecule has 0 aliphatic carbocycles. The zero-order valence-electron chi connectivity index (χ0n) is 19.0. The van der Waals surface area contributed by atoms with Crippen molar-refractivity contribution in [3.05, 3.63) is 24.3 Å². The van der Waals surface area contributed by atoms with Crippen LogP contribution in [0.3, 0.4) is 0 Å². The summed E-state index contributed by atoms with van der Waals surface area (Å²) in [5.74, 6) is 0.767. The molecule has 3 heterocycles. The number of carbonyl (C=O) groups excluding carboxylic acids is 2. The highest BCUT2D eigenvalue weighted by Gasteiger charge is 2.40. The van der Waals surface area contributed by atoms with Crippen molar-refractivity contribution < 1.29 is 33.6 Å². The van der Waals surface area contributed by atoms with Crippen LogP contribution in [0.5, 0.6) is 5.75 Å². The summed E-state index contributed by atoms with van der Waals surface area (Å²) in [5, 5.41) is 13.2. The predicted molar refractivity (Wildman–Crippen MR) is 119 cm³/mol. The van der Waals surface area contributed by atoms with Crippen LogP contribution in [0.15, 0.2) is 24.3 Å². The van der Waals surface area contributed by atoms with E-state index in [1.165, 1.54) is 0 Å². The molecule has 4 rings (SSSR count). The van der Waals surface area contributed by atoms with E-state index in [9.17, 15) is 14.7 Å². The Hall–Kier alpha value is -2.40. The molecule has 0 bridgehead atoms. The molecule has 0 aromatic heterocycles. The van der Waals surface area contributed by atoms with Crippen molar-refractivity contribution in [1.29, 1.82) is 0 Å².